The van der Waals surface area contributed by atoms with Crippen LogP contribution >= 0.6 is 105 Å². The first kappa shape index (κ1) is 31.0. The van der Waals surface area contributed by atoms with Gasteiger partial charge in [-0.05, 0) is 26.0 Å². The van der Waals surface area contributed by atoms with Crippen molar-refractivity contribution >= 4 is 126 Å². The predicted molar refractivity (Wildman–Crippen MR) is 177 cm³/mol. The smallest absolute Gasteiger partial charge is 0.339 e. The number of hydrogen-bond donors (Lipinski definition) is 0. The van der Waals surface area contributed by atoms with Gasteiger partial charge >= 0.3 is 11.9 Å². The molecule has 0 saturated carbocycles. The maximum Gasteiger partial charge on any atom is 0.339 e. The summed E-state index contributed by atoms with van der Waals surface area (Å²) in [6.45, 7) is 12.9. The van der Waals surface area contributed by atoms with Crippen molar-refractivity contribution in [2.24, 2.45) is 0 Å². The van der Waals surface area contributed by atoms with Crippen molar-refractivity contribution in [3.8, 4) is 0 Å². The van der Waals surface area contributed by atoms with E-state index in [1.165, 1.54) is 16.6 Å². The van der Waals surface area contributed by atoms with Gasteiger partial charge in [0.15, 0.2) is 0 Å². The van der Waals surface area contributed by atoms with Gasteiger partial charge in [0, 0.05) is 20.3 Å². The molecule has 2 aliphatic heterocycles. The largest absolute Gasteiger partial charge is 0.462 e. The van der Waals surface area contributed by atoms with Crippen molar-refractivity contribution in [2.45, 2.75) is 61.8 Å². The molecule has 0 atom stereocenters. The lowest BCUT2D eigenvalue weighted by atomic mass is 10.1. The fraction of sp³-hybridized carbons (Fsp3) is 0.400. The lowest BCUT2D eigenvalue weighted by Crippen LogP contribution is -2.14. The monoisotopic (exact) mass is 678 g/mol. The zero-order chi connectivity index (χ0) is 27.6. The maximum atomic E-state index is 12.6. The van der Waals surface area contributed by atoms with Crippen LogP contribution in [0.15, 0.2) is 30.4 Å². The highest BCUT2D eigenvalue weighted by atomic mass is 32.3. The zero-order valence-corrected chi connectivity index (χ0v) is 28.9. The molecule has 1 aromatic carbocycles. The van der Waals surface area contributed by atoms with Crippen LogP contribution in [0.2, 0.25) is 0 Å². The maximum absolute atomic E-state index is 12.6. The molecule has 0 radical (unpaired) electrons. The molecule has 38 heavy (non-hydrogen) atoms. The van der Waals surface area contributed by atoms with Crippen LogP contribution in [0.25, 0.3) is 8.47 Å². The molecule has 0 fully saturated rings. The van der Waals surface area contributed by atoms with Crippen LogP contribution in [0.3, 0.4) is 0 Å². The van der Waals surface area contributed by atoms with Crippen LogP contribution in [0, 0.1) is 3.82 Å². The van der Waals surface area contributed by atoms with Gasteiger partial charge in [-0.3, -0.25) is 0 Å². The first-order valence-electron chi connectivity index (χ1n) is 11.8. The summed E-state index contributed by atoms with van der Waals surface area (Å²) in [7, 11) is 0. The molecular formula is C25H26O4S9. The molecule has 0 unspecified atom stereocenters. The van der Waals surface area contributed by atoms with Crippen molar-refractivity contribution in [3.63, 3.8) is 0 Å². The molecule has 2 aromatic rings. The Bertz CT molecular complexity index is 1390. The van der Waals surface area contributed by atoms with E-state index in [-0.39, 0.29) is 24.3 Å². The van der Waals surface area contributed by atoms with Crippen molar-refractivity contribution in [3.05, 3.63) is 43.9 Å². The molecule has 1 aromatic heterocycles. The summed E-state index contributed by atoms with van der Waals surface area (Å²) < 4.78 is 18.7. The summed E-state index contributed by atoms with van der Waals surface area (Å²) >= 11 is 20.0. The predicted octanol–water partition coefficient (Wildman–Crippen LogP) is 8.81. The van der Waals surface area contributed by atoms with E-state index in [0.717, 1.165) is 22.4 Å². The van der Waals surface area contributed by atoms with Crippen molar-refractivity contribution in [1.29, 1.82) is 0 Å². The molecule has 0 saturated heterocycles. The van der Waals surface area contributed by atoms with Gasteiger partial charge in [0.2, 0.25) is 0 Å². The molecule has 3 heterocycles. The Labute approximate surface area is 261 Å². The van der Waals surface area contributed by atoms with Gasteiger partial charge in [-0.15, -0.1) is 46.2 Å². The van der Waals surface area contributed by atoms with E-state index < -0.39 is 11.9 Å². The summed E-state index contributed by atoms with van der Waals surface area (Å²) in [6, 6.07) is 3.49. The number of esters is 2. The molecule has 0 N–H and O–H groups in total. The number of fused-ring (bicyclic) bond motifs is 1. The average Bonchev–Trinajstić information content (AvgIpc) is 3.54. The Hall–Kier alpha value is 0.0100. The second kappa shape index (κ2) is 13.8. The van der Waals surface area contributed by atoms with Gasteiger partial charge in [-0.1, -0.05) is 87.0 Å². The first-order chi connectivity index (χ1) is 18.1. The number of carbonyl (C=O) groups is 2. The topological polar surface area (TPSA) is 52.6 Å². The van der Waals surface area contributed by atoms with Gasteiger partial charge in [-0.2, -0.15) is 0 Å². The number of ether oxygens (including phenoxy) is 2. The molecule has 0 amide bonds. The van der Waals surface area contributed by atoms with E-state index >= 15 is 0 Å². The second-order valence-corrected chi connectivity index (χ2v) is 19.6. The molecule has 0 bridgehead atoms. The average molecular weight is 679 g/mol. The molecule has 13 heteroatoms. The Balaban J connectivity index is 1.72. The van der Waals surface area contributed by atoms with Crippen LogP contribution in [-0.4, -0.2) is 35.7 Å². The Morgan fingerprint density at radius 2 is 1.26 bits per heavy atom. The van der Waals surface area contributed by atoms with Crippen LogP contribution < -0.4 is 8.38 Å². The highest BCUT2D eigenvalue weighted by Crippen LogP contribution is 2.59. The summed E-state index contributed by atoms with van der Waals surface area (Å²) in [5.74, 6) is -1.04. The molecular weight excluding hydrogens is 653 g/mol. The van der Waals surface area contributed by atoms with Crippen molar-refractivity contribution in [1.82, 2.24) is 0 Å². The SMILES string of the molecule is CCOC(=O)c1cc2c(cc1C(=O)OCC)SC(=c1sc(=C3SC(SC(C)C)=C(SC(C)C)S3)sc1=S)S2. The second-order valence-electron chi connectivity index (χ2n) is 8.28. The number of carbonyl (C=O) groups excluding carboxylic acids is 2. The van der Waals surface area contributed by atoms with Gasteiger partial charge in [0.1, 0.15) is 7.67 Å². The van der Waals surface area contributed by atoms with E-state index in [1.54, 1.807) is 72.2 Å². The van der Waals surface area contributed by atoms with E-state index in [4.69, 9.17) is 21.7 Å². The molecule has 2 aliphatic rings. The number of benzene rings is 1. The third kappa shape index (κ3) is 7.25. The normalized spacial score (nSPS) is 15.2. The fourth-order valence-electron chi connectivity index (χ4n) is 3.21. The van der Waals surface area contributed by atoms with Crippen LogP contribution in [0.4, 0.5) is 0 Å². The fourth-order valence-corrected chi connectivity index (χ4v) is 15.6. The summed E-state index contributed by atoms with van der Waals surface area (Å²) in [5.41, 5.74) is 0.467. The number of hydrogen-bond acceptors (Lipinski definition) is 13. The summed E-state index contributed by atoms with van der Waals surface area (Å²) in [6.07, 6.45) is 0. The minimum Gasteiger partial charge on any atom is -0.462 e. The number of thioether (sulfide) groups is 6. The Morgan fingerprint density at radius 3 is 1.68 bits per heavy atom. The zero-order valence-electron chi connectivity index (χ0n) is 21.5. The van der Waals surface area contributed by atoms with Gasteiger partial charge < -0.3 is 9.47 Å². The molecule has 204 valence electrons. The van der Waals surface area contributed by atoms with E-state index in [2.05, 4.69) is 27.7 Å². The molecule has 0 spiro atoms. The third-order valence-electron chi connectivity index (χ3n) is 4.62. The van der Waals surface area contributed by atoms with Gasteiger partial charge in [-0.25, -0.2) is 9.59 Å². The third-order valence-corrected chi connectivity index (χ3v) is 16.3. The van der Waals surface area contributed by atoms with E-state index in [0.29, 0.717) is 10.5 Å². The minimum absolute atomic E-state index is 0.231. The van der Waals surface area contributed by atoms with E-state index in [9.17, 15) is 9.59 Å². The van der Waals surface area contributed by atoms with Crippen LogP contribution in [-0.2, 0) is 9.47 Å². The highest BCUT2D eigenvalue weighted by molar-refractivity contribution is 8.46. The Morgan fingerprint density at radius 1 is 0.789 bits per heavy atom. The number of rotatable bonds is 8. The van der Waals surface area contributed by atoms with E-state index in [1.807, 2.05) is 47.0 Å². The first-order valence-corrected chi connectivity index (χ1v) is 18.9. The van der Waals surface area contributed by atoms with Gasteiger partial charge in [0.05, 0.1) is 45.8 Å². The lowest BCUT2D eigenvalue weighted by Gasteiger charge is -2.10. The Kier molecular flexibility index (Phi) is 11.2. The van der Waals surface area contributed by atoms with Crippen LogP contribution in [0.1, 0.15) is 62.3 Å². The summed E-state index contributed by atoms with van der Waals surface area (Å²) in [4.78, 5) is 27.1. The standard InChI is InChI=1S/C25H26O4S9/c1-7-28-18(26)13-9-15-16(10-14(13)19(27)29-8-2)34-21(33-15)17-20(30)36-24(35-17)25-37-22(31-11(3)4)23(38-25)32-12(5)6/h9-12H,7-8H2,1-6H3. The minimum atomic E-state index is -0.522. The molecule has 4 nitrogen and oxygen atoms in total. The van der Waals surface area contributed by atoms with Crippen molar-refractivity contribution < 1.29 is 19.1 Å². The lowest BCUT2D eigenvalue weighted by molar-refractivity contribution is 0.0478. The summed E-state index contributed by atoms with van der Waals surface area (Å²) in [5, 5.41) is 1.05. The molecule has 0 aliphatic carbocycles. The van der Waals surface area contributed by atoms with Crippen molar-refractivity contribution in [2.75, 3.05) is 13.2 Å². The quantitative estimate of drug-likeness (QED) is 0.199. The highest BCUT2D eigenvalue weighted by Gasteiger charge is 2.28. The van der Waals surface area contributed by atoms with Crippen LogP contribution in [0.5, 0.6) is 0 Å². The van der Waals surface area contributed by atoms with Gasteiger partial charge in [0.25, 0.3) is 0 Å². The molecule has 4 rings (SSSR count).